The maximum atomic E-state index is 5.93. The largest absolute Gasteiger partial charge is 0.330 e. The molecule has 0 radical (unpaired) electrons. The highest BCUT2D eigenvalue weighted by atomic mass is 15.2. The van der Waals surface area contributed by atoms with Gasteiger partial charge in [-0.1, -0.05) is 13.3 Å². The average Bonchev–Trinajstić information content (AvgIpc) is 2.59. The fourth-order valence-electron chi connectivity index (χ4n) is 3.53. The third kappa shape index (κ3) is 2.83. The fourth-order valence-corrected chi connectivity index (χ4v) is 3.53. The first kappa shape index (κ1) is 13.3. The Morgan fingerprint density at radius 2 is 2.00 bits per heavy atom. The van der Waals surface area contributed by atoms with E-state index in [0.29, 0.717) is 5.41 Å². The summed E-state index contributed by atoms with van der Waals surface area (Å²) < 4.78 is 0. The predicted octanol–water partition coefficient (Wildman–Crippen LogP) is 1.39. The van der Waals surface area contributed by atoms with Crippen molar-refractivity contribution < 1.29 is 0 Å². The van der Waals surface area contributed by atoms with Gasteiger partial charge < -0.3 is 15.5 Å². The summed E-state index contributed by atoms with van der Waals surface area (Å²) in [6.45, 7) is 7.05. The van der Waals surface area contributed by atoms with Gasteiger partial charge in [-0.25, -0.2) is 0 Å². The van der Waals surface area contributed by atoms with Gasteiger partial charge in [0.15, 0.2) is 0 Å². The monoisotopic (exact) mass is 239 g/mol. The minimum Gasteiger partial charge on any atom is -0.330 e. The molecular weight excluding hydrogens is 210 g/mol. The standard InChI is InChI=1S/C14H29N3/c1-12-9-17(10-13(12)16(2)3)8-7-14(11-15)5-4-6-14/h12-13H,4-11,15H2,1-3H3. The Labute approximate surface area is 106 Å². The molecule has 2 rings (SSSR count). The maximum absolute atomic E-state index is 5.93. The van der Waals surface area contributed by atoms with Crippen molar-refractivity contribution in [2.45, 2.75) is 38.6 Å². The van der Waals surface area contributed by atoms with Crippen LogP contribution in [0.1, 0.15) is 32.6 Å². The summed E-state index contributed by atoms with van der Waals surface area (Å²) in [5.74, 6) is 0.806. The van der Waals surface area contributed by atoms with Gasteiger partial charge in [-0.2, -0.15) is 0 Å². The molecule has 0 bridgehead atoms. The van der Waals surface area contributed by atoms with E-state index >= 15 is 0 Å². The number of nitrogens with zero attached hydrogens (tertiary/aromatic N) is 2. The Balaban J connectivity index is 1.77. The minimum absolute atomic E-state index is 0.513. The maximum Gasteiger partial charge on any atom is 0.0254 e. The van der Waals surface area contributed by atoms with Crippen LogP contribution in [-0.4, -0.2) is 56.1 Å². The number of rotatable bonds is 5. The fraction of sp³-hybridized carbons (Fsp3) is 1.00. The lowest BCUT2D eigenvalue weighted by Gasteiger charge is -2.42. The molecule has 0 aromatic rings. The first-order valence-corrected chi connectivity index (χ1v) is 7.15. The topological polar surface area (TPSA) is 32.5 Å². The molecule has 1 aliphatic heterocycles. The summed E-state index contributed by atoms with van der Waals surface area (Å²) in [6.07, 6.45) is 5.44. The van der Waals surface area contributed by atoms with Crippen LogP contribution in [0, 0.1) is 11.3 Å². The Morgan fingerprint density at radius 1 is 1.29 bits per heavy atom. The van der Waals surface area contributed by atoms with Gasteiger partial charge in [-0.3, -0.25) is 0 Å². The van der Waals surface area contributed by atoms with Gasteiger partial charge in [0.1, 0.15) is 0 Å². The van der Waals surface area contributed by atoms with Crippen LogP contribution in [0.4, 0.5) is 0 Å². The first-order valence-electron chi connectivity index (χ1n) is 7.15. The van der Waals surface area contributed by atoms with Crippen LogP contribution < -0.4 is 5.73 Å². The highest BCUT2D eigenvalue weighted by molar-refractivity contribution is 4.92. The molecule has 3 heteroatoms. The highest BCUT2D eigenvalue weighted by Gasteiger charge is 2.37. The minimum atomic E-state index is 0.513. The van der Waals surface area contributed by atoms with Crippen molar-refractivity contribution in [1.29, 1.82) is 0 Å². The second-order valence-electron chi connectivity index (χ2n) is 6.58. The van der Waals surface area contributed by atoms with Crippen molar-refractivity contribution in [2.75, 3.05) is 40.3 Å². The van der Waals surface area contributed by atoms with Gasteiger partial charge in [0, 0.05) is 19.1 Å². The lowest BCUT2D eigenvalue weighted by atomic mass is 9.66. The Hall–Kier alpha value is -0.120. The Bertz CT molecular complexity index is 242. The van der Waals surface area contributed by atoms with E-state index in [2.05, 4.69) is 30.8 Å². The molecule has 2 aliphatic rings. The number of hydrogen-bond donors (Lipinski definition) is 1. The number of likely N-dealkylation sites (tertiary alicyclic amines) is 1. The number of hydrogen-bond acceptors (Lipinski definition) is 3. The SMILES string of the molecule is CC1CN(CCC2(CN)CCC2)CC1N(C)C. The van der Waals surface area contributed by atoms with Crippen LogP contribution in [0.15, 0.2) is 0 Å². The molecule has 2 fully saturated rings. The van der Waals surface area contributed by atoms with Crippen molar-refractivity contribution in [1.82, 2.24) is 9.80 Å². The summed E-state index contributed by atoms with van der Waals surface area (Å²) >= 11 is 0. The van der Waals surface area contributed by atoms with Gasteiger partial charge in [-0.05, 0) is 57.8 Å². The van der Waals surface area contributed by atoms with E-state index in [4.69, 9.17) is 5.73 Å². The molecule has 3 nitrogen and oxygen atoms in total. The van der Waals surface area contributed by atoms with Crippen LogP contribution in [0.25, 0.3) is 0 Å². The summed E-state index contributed by atoms with van der Waals surface area (Å²) in [4.78, 5) is 5.03. The van der Waals surface area contributed by atoms with Crippen molar-refractivity contribution >= 4 is 0 Å². The summed E-state index contributed by atoms with van der Waals surface area (Å²) in [5.41, 5.74) is 6.44. The summed E-state index contributed by atoms with van der Waals surface area (Å²) in [5, 5.41) is 0. The Kier molecular flexibility index (Phi) is 4.11. The third-order valence-corrected chi connectivity index (χ3v) is 5.12. The normalized spacial score (nSPS) is 33.0. The van der Waals surface area contributed by atoms with Gasteiger partial charge >= 0.3 is 0 Å². The van der Waals surface area contributed by atoms with Crippen LogP contribution >= 0.6 is 0 Å². The van der Waals surface area contributed by atoms with Crippen LogP contribution in [-0.2, 0) is 0 Å². The molecule has 1 heterocycles. The van der Waals surface area contributed by atoms with Gasteiger partial charge in [0.05, 0.1) is 0 Å². The first-order chi connectivity index (χ1) is 8.06. The van der Waals surface area contributed by atoms with E-state index < -0.39 is 0 Å². The van der Waals surface area contributed by atoms with Crippen molar-refractivity contribution in [3.05, 3.63) is 0 Å². The van der Waals surface area contributed by atoms with Crippen molar-refractivity contribution in [3.63, 3.8) is 0 Å². The lowest BCUT2D eigenvalue weighted by Crippen LogP contribution is -2.40. The zero-order chi connectivity index (χ0) is 12.5. The second-order valence-corrected chi connectivity index (χ2v) is 6.58. The smallest absolute Gasteiger partial charge is 0.0254 e. The summed E-state index contributed by atoms with van der Waals surface area (Å²) in [7, 11) is 4.41. The molecule has 1 saturated carbocycles. The molecule has 2 N–H and O–H groups in total. The van der Waals surface area contributed by atoms with E-state index in [1.165, 1.54) is 45.3 Å². The van der Waals surface area contributed by atoms with Gasteiger partial charge in [0.2, 0.25) is 0 Å². The van der Waals surface area contributed by atoms with Gasteiger partial charge in [0.25, 0.3) is 0 Å². The van der Waals surface area contributed by atoms with Crippen LogP contribution in [0.3, 0.4) is 0 Å². The van der Waals surface area contributed by atoms with Crippen LogP contribution in [0.2, 0.25) is 0 Å². The molecule has 1 saturated heterocycles. The molecule has 100 valence electrons. The number of likely N-dealkylation sites (N-methyl/N-ethyl adjacent to an activating group) is 1. The molecule has 2 atom stereocenters. The molecule has 0 spiro atoms. The van der Waals surface area contributed by atoms with Crippen LogP contribution in [0.5, 0.6) is 0 Å². The van der Waals surface area contributed by atoms with E-state index in [1.54, 1.807) is 0 Å². The summed E-state index contributed by atoms with van der Waals surface area (Å²) in [6, 6.07) is 0.741. The van der Waals surface area contributed by atoms with Crippen molar-refractivity contribution in [3.8, 4) is 0 Å². The molecule has 2 unspecified atom stereocenters. The molecule has 0 amide bonds. The van der Waals surface area contributed by atoms with Crippen molar-refractivity contribution in [2.24, 2.45) is 17.1 Å². The quantitative estimate of drug-likeness (QED) is 0.787. The van der Waals surface area contributed by atoms with E-state index in [1.807, 2.05) is 0 Å². The molecule has 1 aliphatic carbocycles. The zero-order valence-corrected chi connectivity index (χ0v) is 11.8. The number of nitrogens with two attached hydrogens (primary N) is 1. The zero-order valence-electron chi connectivity index (χ0n) is 11.8. The molecular formula is C14H29N3. The van der Waals surface area contributed by atoms with E-state index in [-0.39, 0.29) is 0 Å². The Morgan fingerprint density at radius 3 is 2.41 bits per heavy atom. The lowest BCUT2D eigenvalue weighted by molar-refractivity contribution is 0.110. The molecule has 17 heavy (non-hydrogen) atoms. The van der Waals surface area contributed by atoms with Gasteiger partial charge in [-0.15, -0.1) is 0 Å². The van der Waals surface area contributed by atoms with E-state index in [0.717, 1.165) is 18.5 Å². The second kappa shape index (κ2) is 5.25. The average molecular weight is 239 g/mol. The molecule has 0 aromatic heterocycles. The third-order valence-electron chi connectivity index (χ3n) is 5.12. The molecule has 0 aromatic carbocycles. The highest BCUT2D eigenvalue weighted by Crippen LogP contribution is 2.43. The predicted molar refractivity (Wildman–Crippen MR) is 73.0 cm³/mol. The van der Waals surface area contributed by atoms with E-state index in [9.17, 15) is 0 Å².